The molecule has 1 aliphatic heterocycles. The topological polar surface area (TPSA) is 29.3 Å². The Kier molecular flexibility index (Phi) is 3.29. The highest BCUT2D eigenvalue weighted by molar-refractivity contribution is 9.10. The fourth-order valence-electron chi connectivity index (χ4n) is 2.52. The first kappa shape index (κ1) is 12.6. The zero-order chi connectivity index (χ0) is 13.4. The van der Waals surface area contributed by atoms with Crippen LogP contribution in [0.3, 0.4) is 0 Å². The van der Waals surface area contributed by atoms with Gasteiger partial charge in [0.2, 0.25) is 0 Å². The molecule has 2 nitrogen and oxygen atoms in total. The first-order valence-electron chi connectivity index (χ1n) is 6.16. The summed E-state index contributed by atoms with van der Waals surface area (Å²) in [7, 11) is 0. The monoisotopic (exact) mass is 320 g/mol. The summed E-state index contributed by atoms with van der Waals surface area (Å²) in [4.78, 5) is 2.31. The average Bonchev–Trinajstić information content (AvgIpc) is 2.78. The van der Waals surface area contributed by atoms with Gasteiger partial charge in [0.15, 0.2) is 0 Å². The minimum atomic E-state index is -0.224. The van der Waals surface area contributed by atoms with Crippen molar-refractivity contribution >= 4 is 21.6 Å². The highest BCUT2D eigenvalue weighted by Crippen LogP contribution is 2.29. The third-order valence-electron chi connectivity index (χ3n) is 3.48. The summed E-state index contributed by atoms with van der Waals surface area (Å²) in [6.07, 6.45) is 0. The standard InChI is InChI=1S/C15H14BrFN2/c16-13-6-10(4-5-14(13)17)7-19-8-11-2-1-3-15(18)12(11)9-19/h1-6H,7-9,18H2. The van der Waals surface area contributed by atoms with Gasteiger partial charge >= 0.3 is 0 Å². The summed E-state index contributed by atoms with van der Waals surface area (Å²) in [6, 6.07) is 11.2. The maximum Gasteiger partial charge on any atom is 0.137 e. The molecule has 2 N–H and O–H groups in total. The van der Waals surface area contributed by atoms with Crippen molar-refractivity contribution in [1.29, 1.82) is 0 Å². The Balaban J connectivity index is 1.77. The summed E-state index contributed by atoms with van der Waals surface area (Å²) in [5, 5.41) is 0. The van der Waals surface area contributed by atoms with Crippen molar-refractivity contribution in [2.45, 2.75) is 19.6 Å². The predicted octanol–water partition coefficient (Wildman–Crippen LogP) is 3.69. The van der Waals surface area contributed by atoms with Crippen LogP contribution in [-0.2, 0) is 19.6 Å². The number of anilines is 1. The number of hydrogen-bond donors (Lipinski definition) is 1. The third-order valence-corrected chi connectivity index (χ3v) is 4.08. The van der Waals surface area contributed by atoms with Crippen molar-refractivity contribution in [2.75, 3.05) is 5.73 Å². The van der Waals surface area contributed by atoms with Crippen molar-refractivity contribution in [1.82, 2.24) is 4.90 Å². The Morgan fingerprint density at radius 2 is 2.05 bits per heavy atom. The van der Waals surface area contributed by atoms with Crippen LogP contribution in [0, 0.1) is 5.82 Å². The first-order chi connectivity index (χ1) is 9.13. The van der Waals surface area contributed by atoms with Crippen LogP contribution in [0.5, 0.6) is 0 Å². The molecule has 0 radical (unpaired) electrons. The van der Waals surface area contributed by atoms with Crippen molar-refractivity contribution in [3.8, 4) is 0 Å². The highest BCUT2D eigenvalue weighted by atomic mass is 79.9. The fourth-order valence-corrected chi connectivity index (χ4v) is 2.95. The molecule has 0 amide bonds. The quantitative estimate of drug-likeness (QED) is 0.855. The van der Waals surface area contributed by atoms with Gasteiger partial charge in [-0.15, -0.1) is 0 Å². The van der Waals surface area contributed by atoms with E-state index in [-0.39, 0.29) is 5.82 Å². The first-order valence-corrected chi connectivity index (χ1v) is 6.95. The lowest BCUT2D eigenvalue weighted by atomic mass is 10.1. The molecule has 1 heterocycles. The number of nitrogens with zero attached hydrogens (tertiary/aromatic N) is 1. The maximum atomic E-state index is 13.2. The lowest BCUT2D eigenvalue weighted by Crippen LogP contribution is -2.15. The SMILES string of the molecule is Nc1cccc2c1CN(Cc1ccc(F)c(Br)c1)C2. The summed E-state index contributed by atoms with van der Waals surface area (Å²) < 4.78 is 13.7. The Bertz CT molecular complexity index is 628. The fraction of sp³-hybridized carbons (Fsp3) is 0.200. The van der Waals surface area contributed by atoms with Crippen LogP contribution in [0.4, 0.5) is 10.1 Å². The molecule has 0 spiro atoms. The van der Waals surface area contributed by atoms with Gasteiger partial charge in [-0.2, -0.15) is 0 Å². The number of rotatable bonds is 2. The summed E-state index contributed by atoms with van der Waals surface area (Å²) >= 11 is 3.22. The van der Waals surface area contributed by atoms with E-state index in [1.54, 1.807) is 0 Å². The van der Waals surface area contributed by atoms with Crippen molar-refractivity contribution < 1.29 is 4.39 Å². The molecule has 0 aromatic heterocycles. The van der Waals surface area contributed by atoms with Crippen LogP contribution in [0.15, 0.2) is 40.9 Å². The van der Waals surface area contributed by atoms with Gasteiger partial charge in [0.05, 0.1) is 4.47 Å². The van der Waals surface area contributed by atoms with E-state index in [1.807, 2.05) is 24.3 Å². The number of nitrogens with two attached hydrogens (primary N) is 1. The molecule has 0 unspecified atom stereocenters. The van der Waals surface area contributed by atoms with Crippen molar-refractivity contribution in [3.05, 3.63) is 63.4 Å². The molecule has 1 aliphatic rings. The summed E-state index contributed by atoms with van der Waals surface area (Å²) in [5.74, 6) is -0.224. The number of nitrogen functional groups attached to an aromatic ring is 1. The molecule has 0 saturated heterocycles. The van der Waals surface area contributed by atoms with E-state index >= 15 is 0 Å². The molecule has 0 bridgehead atoms. The Morgan fingerprint density at radius 1 is 1.21 bits per heavy atom. The normalized spacial score (nSPS) is 14.6. The lowest BCUT2D eigenvalue weighted by Gasteiger charge is -2.15. The van der Waals surface area contributed by atoms with E-state index in [0.29, 0.717) is 4.47 Å². The van der Waals surface area contributed by atoms with Crippen LogP contribution < -0.4 is 5.73 Å². The molecular formula is C15H14BrFN2. The van der Waals surface area contributed by atoms with Crippen LogP contribution in [0.2, 0.25) is 0 Å². The van der Waals surface area contributed by atoms with Gasteiger partial charge in [-0.3, -0.25) is 4.90 Å². The number of halogens is 2. The molecule has 19 heavy (non-hydrogen) atoms. The van der Waals surface area contributed by atoms with E-state index in [4.69, 9.17) is 5.73 Å². The number of fused-ring (bicyclic) bond motifs is 1. The number of hydrogen-bond acceptors (Lipinski definition) is 2. The molecule has 0 atom stereocenters. The van der Waals surface area contributed by atoms with E-state index in [1.165, 1.54) is 17.2 Å². The zero-order valence-electron chi connectivity index (χ0n) is 10.4. The van der Waals surface area contributed by atoms with E-state index in [9.17, 15) is 4.39 Å². The minimum absolute atomic E-state index is 0.224. The summed E-state index contributed by atoms with van der Waals surface area (Å²) in [6.45, 7) is 2.55. The van der Waals surface area contributed by atoms with Gasteiger partial charge in [-0.05, 0) is 50.8 Å². The van der Waals surface area contributed by atoms with Crippen LogP contribution in [-0.4, -0.2) is 4.90 Å². The average molecular weight is 321 g/mol. The third kappa shape index (κ3) is 2.51. The highest BCUT2D eigenvalue weighted by Gasteiger charge is 2.20. The largest absolute Gasteiger partial charge is 0.398 e. The second-order valence-electron chi connectivity index (χ2n) is 4.88. The van der Waals surface area contributed by atoms with Crippen LogP contribution in [0.25, 0.3) is 0 Å². The Labute approximate surface area is 120 Å². The predicted molar refractivity (Wildman–Crippen MR) is 77.9 cm³/mol. The second-order valence-corrected chi connectivity index (χ2v) is 5.73. The Hall–Kier alpha value is -1.39. The molecular weight excluding hydrogens is 307 g/mol. The smallest absolute Gasteiger partial charge is 0.137 e. The molecule has 0 fully saturated rings. The van der Waals surface area contributed by atoms with Gasteiger partial charge in [0, 0.05) is 25.3 Å². The molecule has 2 aromatic carbocycles. The maximum absolute atomic E-state index is 13.2. The van der Waals surface area contributed by atoms with E-state index < -0.39 is 0 Å². The van der Waals surface area contributed by atoms with Crippen molar-refractivity contribution in [2.24, 2.45) is 0 Å². The summed E-state index contributed by atoms with van der Waals surface area (Å²) in [5.41, 5.74) is 10.5. The van der Waals surface area contributed by atoms with Gasteiger partial charge in [0.1, 0.15) is 5.82 Å². The second kappa shape index (κ2) is 4.94. The van der Waals surface area contributed by atoms with Crippen LogP contribution in [0.1, 0.15) is 16.7 Å². The molecule has 0 saturated carbocycles. The lowest BCUT2D eigenvalue weighted by molar-refractivity contribution is 0.275. The minimum Gasteiger partial charge on any atom is -0.398 e. The Morgan fingerprint density at radius 3 is 2.79 bits per heavy atom. The van der Waals surface area contributed by atoms with Crippen molar-refractivity contribution in [3.63, 3.8) is 0 Å². The molecule has 4 heteroatoms. The van der Waals surface area contributed by atoms with Gasteiger partial charge < -0.3 is 5.73 Å². The van der Waals surface area contributed by atoms with E-state index in [0.717, 1.165) is 30.9 Å². The zero-order valence-corrected chi connectivity index (χ0v) is 12.0. The number of benzene rings is 2. The molecule has 2 aromatic rings. The van der Waals surface area contributed by atoms with Gasteiger partial charge in [-0.1, -0.05) is 18.2 Å². The van der Waals surface area contributed by atoms with E-state index in [2.05, 4.69) is 26.9 Å². The molecule has 0 aliphatic carbocycles. The van der Waals surface area contributed by atoms with Crippen LogP contribution >= 0.6 is 15.9 Å². The van der Waals surface area contributed by atoms with Gasteiger partial charge in [-0.25, -0.2) is 4.39 Å². The van der Waals surface area contributed by atoms with Gasteiger partial charge in [0.25, 0.3) is 0 Å². The molecule has 98 valence electrons. The molecule has 3 rings (SSSR count).